The van der Waals surface area contributed by atoms with E-state index in [0.717, 1.165) is 52.3 Å². The highest BCUT2D eigenvalue weighted by molar-refractivity contribution is 5.91. The molecule has 5 rings (SSSR count). The second kappa shape index (κ2) is 12.6. The number of H-pyrrole nitrogens is 1. The van der Waals surface area contributed by atoms with Crippen molar-refractivity contribution in [3.05, 3.63) is 71.2 Å². The number of nitrogens with one attached hydrogen (secondary N) is 3. The number of amidine groups is 1. The lowest BCUT2D eigenvalue weighted by atomic mass is 10.0. The van der Waals surface area contributed by atoms with Crippen LogP contribution in [-0.2, 0) is 15.9 Å². The van der Waals surface area contributed by atoms with E-state index in [0.29, 0.717) is 23.3 Å². The van der Waals surface area contributed by atoms with Crippen LogP contribution in [0.4, 0.5) is 9.59 Å². The van der Waals surface area contributed by atoms with Gasteiger partial charge in [-0.15, -0.1) is 0 Å². The van der Waals surface area contributed by atoms with Gasteiger partial charge >= 0.3 is 12.2 Å². The van der Waals surface area contributed by atoms with Crippen molar-refractivity contribution in [1.82, 2.24) is 20.6 Å². The molecular weight excluding hydrogens is 580 g/mol. The Bertz CT molecular complexity index is 1740. The Hall–Kier alpha value is -4.62. The molecule has 3 heterocycles. The molecule has 3 aromatic rings. The fraction of sp³-hybridized carbons (Fsp3) is 0.444. The summed E-state index contributed by atoms with van der Waals surface area (Å²) in [6, 6.07) is 14.0. The van der Waals surface area contributed by atoms with E-state index in [2.05, 4.69) is 50.6 Å². The van der Waals surface area contributed by atoms with E-state index >= 15 is 0 Å². The summed E-state index contributed by atoms with van der Waals surface area (Å²) in [4.78, 5) is 37.4. The number of rotatable bonds is 7. The predicted octanol–water partition coefficient (Wildman–Crippen LogP) is 6.44. The third-order valence-corrected chi connectivity index (χ3v) is 7.66. The number of aromatic nitrogens is 2. The number of carbonyl (C=O) groups is 2. The molecule has 1 atom stereocenters. The number of hydrogen-bond donors (Lipinski definition) is 3. The fourth-order valence-corrected chi connectivity index (χ4v) is 5.37. The zero-order valence-electron chi connectivity index (χ0n) is 28.1. The average molecular weight is 626 g/mol. The number of benzene rings is 2. The largest absolute Gasteiger partial charge is 0.444 e. The van der Waals surface area contributed by atoms with Crippen molar-refractivity contribution in [2.45, 2.75) is 79.1 Å². The maximum Gasteiger partial charge on any atom is 0.408 e. The summed E-state index contributed by atoms with van der Waals surface area (Å²) in [6.07, 6.45) is 1.59. The molecule has 2 amide bonds. The number of imidazole rings is 1. The third kappa shape index (κ3) is 7.96. The number of quaternary nitrogens is 1. The first-order valence-electron chi connectivity index (χ1n) is 15.8. The Morgan fingerprint density at radius 2 is 1.65 bits per heavy atom. The quantitative estimate of drug-likeness (QED) is 0.159. The van der Waals surface area contributed by atoms with Crippen LogP contribution in [0.3, 0.4) is 0 Å². The lowest BCUT2D eigenvalue weighted by molar-refractivity contribution is -0.611. The molecule has 3 N–H and O–H groups in total. The van der Waals surface area contributed by atoms with E-state index in [9.17, 15) is 9.59 Å². The zero-order valence-corrected chi connectivity index (χ0v) is 28.1. The van der Waals surface area contributed by atoms with Gasteiger partial charge in [-0.25, -0.2) is 24.0 Å². The first-order valence-corrected chi connectivity index (χ1v) is 15.8. The third-order valence-electron chi connectivity index (χ3n) is 7.66. The number of fused-ring (bicyclic) bond motifs is 1. The van der Waals surface area contributed by atoms with Crippen LogP contribution < -0.4 is 10.6 Å². The molecule has 2 aliphatic rings. The minimum atomic E-state index is -0.577. The number of amides is 2. The van der Waals surface area contributed by atoms with Crippen LogP contribution in [0.1, 0.15) is 83.9 Å². The Morgan fingerprint density at radius 3 is 2.28 bits per heavy atom. The first-order chi connectivity index (χ1) is 21.6. The highest BCUT2D eigenvalue weighted by atomic mass is 16.6. The zero-order chi connectivity index (χ0) is 33.3. The maximum atomic E-state index is 12.4. The summed E-state index contributed by atoms with van der Waals surface area (Å²) < 4.78 is 11.5. The molecule has 1 unspecified atom stereocenters. The van der Waals surface area contributed by atoms with Crippen molar-refractivity contribution in [2.75, 3.05) is 19.6 Å². The van der Waals surface area contributed by atoms with Gasteiger partial charge in [0.05, 0.1) is 23.3 Å². The molecule has 1 fully saturated rings. The molecule has 242 valence electrons. The number of nitrogens with zero attached hydrogens (tertiary/aromatic N) is 3. The number of ether oxygens (including phenoxy) is 2. The van der Waals surface area contributed by atoms with Crippen LogP contribution in [-0.4, -0.2) is 63.3 Å². The van der Waals surface area contributed by atoms with E-state index in [4.69, 9.17) is 14.5 Å². The molecule has 0 radical (unpaired) electrons. The highest BCUT2D eigenvalue weighted by Gasteiger charge is 2.54. The normalized spacial score (nSPS) is 15.9. The van der Waals surface area contributed by atoms with E-state index in [1.807, 2.05) is 85.9 Å². The van der Waals surface area contributed by atoms with Gasteiger partial charge in [0.2, 0.25) is 5.84 Å². The molecule has 46 heavy (non-hydrogen) atoms. The summed E-state index contributed by atoms with van der Waals surface area (Å²) in [5, 5.41) is 5.80. The van der Waals surface area contributed by atoms with Crippen LogP contribution in [0.2, 0.25) is 0 Å². The summed E-state index contributed by atoms with van der Waals surface area (Å²) in [5.74, 6) is 8.30. The van der Waals surface area contributed by atoms with E-state index in [1.54, 1.807) is 0 Å². The highest BCUT2D eigenvalue weighted by Crippen LogP contribution is 2.40. The number of carbonyl (C=O) groups excluding carboxylic acids is 2. The summed E-state index contributed by atoms with van der Waals surface area (Å²) in [5.41, 5.74) is 4.85. The lowest BCUT2D eigenvalue weighted by Crippen LogP contribution is -2.41. The van der Waals surface area contributed by atoms with Crippen molar-refractivity contribution >= 4 is 34.8 Å². The van der Waals surface area contributed by atoms with Gasteiger partial charge in [0.25, 0.3) is 0 Å². The Balaban J connectivity index is 1.19. The van der Waals surface area contributed by atoms with Gasteiger partial charge in [-0.2, -0.15) is 0 Å². The lowest BCUT2D eigenvalue weighted by Gasteiger charge is -2.24. The summed E-state index contributed by atoms with van der Waals surface area (Å²) >= 11 is 0. The van der Waals surface area contributed by atoms with Crippen LogP contribution in [0.25, 0.3) is 16.7 Å². The maximum absolute atomic E-state index is 12.4. The van der Waals surface area contributed by atoms with Gasteiger partial charge in [-0.1, -0.05) is 31.8 Å². The van der Waals surface area contributed by atoms with Crippen LogP contribution in [0.5, 0.6) is 0 Å². The molecule has 2 aliphatic heterocycles. The standard InChI is InChI=1S/C36H44N6O4/c1-23(2)31(41-34(44)46-36(6,7)8)32-39-27-17-14-25(20-28(27)40-32)11-9-10-24-12-15-26(16-13-24)29-21-37-30(42(29)18-19-42)22-38-33(43)45-35(3,4)5/h12-17,20-21,23,31H,11,18-19,22H2,1-8H3,(H2-,38,39,40,41,43,44)/p+1. The molecular formula is C36H45N6O4+. The number of aliphatic imine (C=N–C) groups is 1. The predicted molar refractivity (Wildman–Crippen MR) is 180 cm³/mol. The van der Waals surface area contributed by atoms with Crippen molar-refractivity contribution in [2.24, 2.45) is 10.9 Å². The molecule has 0 aliphatic carbocycles. The first kappa shape index (κ1) is 32.8. The minimum absolute atomic E-state index is 0.110. The SMILES string of the molecule is CC(C)C(NC(=O)OC(C)(C)C)c1nc2ccc(CC#Cc3ccc(C4=CN=C(CNC(=O)OC(C)(C)C)[N+]45CC5)cc3)cc2[nH]1. The Kier molecular flexibility index (Phi) is 9.00. The monoisotopic (exact) mass is 625 g/mol. The molecule has 10 nitrogen and oxygen atoms in total. The summed E-state index contributed by atoms with van der Waals surface area (Å²) in [7, 11) is 0. The number of alkyl carbamates (subject to hydrolysis) is 2. The molecule has 1 saturated heterocycles. The van der Waals surface area contributed by atoms with Crippen LogP contribution in [0.15, 0.2) is 53.7 Å². The smallest absolute Gasteiger partial charge is 0.408 e. The molecule has 0 saturated carbocycles. The van der Waals surface area contributed by atoms with Crippen LogP contribution >= 0.6 is 0 Å². The van der Waals surface area contributed by atoms with Crippen molar-refractivity contribution in [3.63, 3.8) is 0 Å². The molecule has 1 aromatic heterocycles. The van der Waals surface area contributed by atoms with E-state index < -0.39 is 23.4 Å². The fourth-order valence-electron chi connectivity index (χ4n) is 5.37. The van der Waals surface area contributed by atoms with Gasteiger partial charge < -0.3 is 25.1 Å². The molecule has 1 spiro atoms. The number of aromatic amines is 1. The molecule has 10 heteroatoms. The molecule has 0 bridgehead atoms. The topological polar surface area (TPSA) is 118 Å². The Labute approximate surface area is 271 Å². The van der Waals surface area contributed by atoms with Gasteiger partial charge in [0, 0.05) is 17.5 Å². The van der Waals surface area contributed by atoms with Gasteiger partial charge in [0.15, 0.2) is 5.70 Å². The van der Waals surface area contributed by atoms with Crippen molar-refractivity contribution in [1.29, 1.82) is 0 Å². The van der Waals surface area contributed by atoms with Crippen molar-refractivity contribution in [3.8, 4) is 11.8 Å². The average Bonchev–Trinajstić information content (AvgIpc) is 3.49. The van der Waals surface area contributed by atoms with Gasteiger partial charge in [-0.05, 0) is 89.4 Å². The number of hydrogen-bond acceptors (Lipinski definition) is 6. The van der Waals surface area contributed by atoms with Gasteiger partial charge in [-0.3, -0.25) is 0 Å². The minimum Gasteiger partial charge on any atom is -0.444 e. The summed E-state index contributed by atoms with van der Waals surface area (Å²) in [6.45, 7) is 17.4. The van der Waals surface area contributed by atoms with Gasteiger partial charge in [0.1, 0.15) is 36.7 Å². The van der Waals surface area contributed by atoms with Crippen molar-refractivity contribution < 1.29 is 23.5 Å². The molecule has 2 aromatic carbocycles. The second-order valence-corrected chi connectivity index (χ2v) is 14.2. The van der Waals surface area contributed by atoms with E-state index in [-0.39, 0.29) is 12.0 Å². The van der Waals surface area contributed by atoms with Crippen LogP contribution in [0, 0.1) is 17.8 Å². The Morgan fingerprint density at radius 1 is 0.978 bits per heavy atom. The van der Waals surface area contributed by atoms with E-state index in [1.165, 1.54) is 0 Å². The second-order valence-electron chi connectivity index (χ2n) is 14.2.